The SMILES string of the molecule is CCNC(=NCCc1ccc(OC)c(OC)c1OC)N(C)Cc1cn(C)nc1C(C)C. The molecule has 0 fully saturated rings. The summed E-state index contributed by atoms with van der Waals surface area (Å²) in [5, 5.41) is 8.00. The van der Waals surface area contributed by atoms with Crippen LogP contribution in [0.25, 0.3) is 0 Å². The van der Waals surface area contributed by atoms with E-state index in [1.165, 1.54) is 5.56 Å². The minimum absolute atomic E-state index is 0.377. The molecule has 1 heterocycles. The van der Waals surface area contributed by atoms with Crippen LogP contribution in [0.3, 0.4) is 0 Å². The van der Waals surface area contributed by atoms with Gasteiger partial charge in [0, 0.05) is 51.1 Å². The normalized spacial score (nSPS) is 11.6. The Kier molecular flexibility index (Phi) is 9.03. The number of nitrogens with zero attached hydrogens (tertiary/aromatic N) is 4. The Morgan fingerprint density at radius 2 is 1.84 bits per heavy atom. The molecule has 31 heavy (non-hydrogen) atoms. The van der Waals surface area contributed by atoms with Crippen molar-refractivity contribution >= 4 is 5.96 Å². The Bertz CT molecular complexity index is 876. The number of rotatable bonds is 10. The lowest BCUT2D eigenvalue weighted by Crippen LogP contribution is -2.38. The summed E-state index contributed by atoms with van der Waals surface area (Å²) in [5.74, 6) is 3.18. The van der Waals surface area contributed by atoms with Gasteiger partial charge in [-0.05, 0) is 25.3 Å². The summed E-state index contributed by atoms with van der Waals surface area (Å²) in [7, 11) is 8.89. The van der Waals surface area contributed by atoms with Crippen LogP contribution in [0.1, 0.15) is 43.5 Å². The Labute approximate surface area is 186 Å². The molecule has 2 rings (SSSR count). The second-order valence-corrected chi connectivity index (χ2v) is 7.70. The number of hydrogen-bond acceptors (Lipinski definition) is 5. The fourth-order valence-corrected chi connectivity index (χ4v) is 3.61. The molecular formula is C23H37N5O3. The number of nitrogens with one attached hydrogen (secondary N) is 1. The van der Waals surface area contributed by atoms with Gasteiger partial charge in [0.2, 0.25) is 5.75 Å². The lowest BCUT2D eigenvalue weighted by atomic mass is 10.1. The van der Waals surface area contributed by atoms with Crippen molar-refractivity contribution in [1.29, 1.82) is 0 Å². The highest BCUT2D eigenvalue weighted by atomic mass is 16.5. The van der Waals surface area contributed by atoms with Gasteiger partial charge in [0.1, 0.15) is 0 Å². The lowest BCUT2D eigenvalue weighted by molar-refractivity contribution is 0.322. The Morgan fingerprint density at radius 1 is 1.13 bits per heavy atom. The topological polar surface area (TPSA) is 73.1 Å². The number of aryl methyl sites for hydroxylation is 1. The van der Waals surface area contributed by atoms with Crippen molar-refractivity contribution in [3.63, 3.8) is 0 Å². The first-order valence-electron chi connectivity index (χ1n) is 10.7. The Hall–Kier alpha value is -2.90. The van der Waals surface area contributed by atoms with Crippen LogP contribution in [-0.4, -0.2) is 62.1 Å². The third-order valence-electron chi connectivity index (χ3n) is 5.02. The van der Waals surface area contributed by atoms with E-state index >= 15 is 0 Å². The van der Waals surface area contributed by atoms with Crippen LogP contribution < -0.4 is 19.5 Å². The van der Waals surface area contributed by atoms with E-state index < -0.39 is 0 Å². The molecule has 2 aromatic rings. The molecule has 0 aliphatic heterocycles. The van der Waals surface area contributed by atoms with Gasteiger partial charge in [-0.1, -0.05) is 19.9 Å². The Balaban J connectivity index is 2.16. The third-order valence-corrected chi connectivity index (χ3v) is 5.02. The molecule has 1 aromatic carbocycles. The number of guanidine groups is 1. The Morgan fingerprint density at radius 3 is 2.42 bits per heavy atom. The molecule has 0 aliphatic carbocycles. The van der Waals surface area contributed by atoms with Crippen LogP contribution >= 0.6 is 0 Å². The van der Waals surface area contributed by atoms with Gasteiger partial charge in [-0.25, -0.2) is 0 Å². The van der Waals surface area contributed by atoms with Crippen molar-refractivity contribution in [3.05, 3.63) is 35.2 Å². The smallest absolute Gasteiger partial charge is 0.203 e. The maximum atomic E-state index is 5.59. The molecule has 0 bridgehead atoms. The zero-order chi connectivity index (χ0) is 23.0. The standard InChI is InChI=1S/C23H37N5O3/c1-9-24-23(27(4)14-18-15-28(5)26-20(18)16(2)3)25-13-12-17-10-11-19(29-6)22(31-8)21(17)30-7/h10-11,15-16H,9,12-14H2,1-8H3,(H,24,25). The molecule has 0 atom stereocenters. The molecular weight excluding hydrogens is 394 g/mol. The largest absolute Gasteiger partial charge is 0.493 e. The van der Waals surface area contributed by atoms with Crippen molar-refractivity contribution in [1.82, 2.24) is 20.0 Å². The summed E-state index contributed by atoms with van der Waals surface area (Å²) >= 11 is 0. The van der Waals surface area contributed by atoms with Crippen molar-refractivity contribution in [2.24, 2.45) is 12.0 Å². The molecule has 0 aliphatic rings. The van der Waals surface area contributed by atoms with Crippen LogP contribution in [0.15, 0.2) is 23.3 Å². The zero-order valence-electron chi connectivity index (χ0n) is 20.2. The predicted octanol–water partition coefficient (Wildman–Crippen LogP) is 3.21. The van der Waals surface area contributed by atoms with Crippen molar-refractivity contribution in [3.8, 4) is 17.2 Å². The van der Waals surface area contributed by atoms with E-state index in [1.807, 2.05) is 23.9 Å². The second kappa shape index (κ2) is 11.5. The zero-order valence-corrected chi connectivity index (χ0v) is 20.2. The van der Waals surface area contributed by atoms with E-state index in [-0.39, 0.29) is 0 Å². The maximum absolute atomic E-state index is 5.59. The quantitative estimate of drug-likeness (QED) is 0.460. The van der Waals surface area contributed by atoms with Crippen LogP contribution in [0.2, 0.25) is 0 Å². The minimum Gasteiger partial charge on any atom is -0.493 e. The van der Waals surface area contributed by atoms with E-state index in [0.717, 1.165) is 36.7 Å². The van der Waals surface area contributed by atoms with Gasteiger partial charge < -0.3 is 24.4 Å². The number of ether oxygens (including phenoxy) is 3. The number of benzene rings is 1. The van der Waals surface area contributed by atoms with E-state index in [9.17, 15) is 0 Å². The molecule has 8 heteroatoms. The summed E-state index contributed by atoms with van der Waals surface area (Å²) < 4.78 is 18.3. The van der Waals surface area contributed by atoms with E-state index in [4.69, 9.17) is 19.2 Å². The van der Waals surface area contributed by atoms with Crippen molar-refractivity contribution < 1.29 is 14.2 Å². The van der Waals surface area contributed by atoms with E-state index in [1.54, 1.807) is 21.3 Å². The van der Waals surface area contributed by atoms with Gasteiger partial charge in [0.05, 0.1) is 27.0 Å². The number of aliphatic imine (C=N–C) groups is 1. The monoisotopic (exact) mass is 431 g/mol. The van der Waals surface area contributed by atoms with Gasteiger partial charge in [0.15, 0.2) is 17.5 Å². The summed E-state index contributed by atoms with van der Waals surface area (Å²) in [6.07, 6.45) is 2.81. The van der Waals surface area contributed by atoms with E-state index in [0.29, 0.717) is 29.7 Å². The van der Waals surface area contributed by atoms with E-state index in [2.05, 4.69) is 49.3 Å². The first-order valence-corrected chi connectivity index (χ1v) is 10.7. The van der Waals surface area contributed by atoms with Gasteiger partial charge in [-0.2, -0.15) is 5.10 Å². The number of methoxy groups -OCH3 is 3. The number of hydrogen-bond donors (Lipinski definition) is 1. The molecule has 8 nitrogen and oxygen atoms in total. The van der Waals surface area contributed by atoms with Gasteiger partial charge in [-0.3, -0.25) is 9.67 Å². The second-order valence-electron chi connectivity index (χ2n) is 7.70. The maximum Gasteiger partial charge on any atom is 0.203 e. The fraction of sp³-hybridized carbons (Fsp3) is 0.565. The third kappa shape index (κ3) is 6.06. The van der Waals surface area contributed by atoms with Crippen LogP contribution in [0, 0.1) is 0 Å². The molecule has 0 unspecified atom stereocenters. The average Bonchev–Trinajstić information content (AvgIpc) is 3.12. The summed E-state index contributed by atoms with van der Waals surface area (Å²) in [4.78, 5) is 6.97. The van der Waals surface area contributed by atoms with Crippen molar-refractivity contribution in [2.75, 3.05) is 41.5 Å². The van der Waals surface area contributed by atoms with Crippen LogP contribution in [0.5, 0.6) is 17.2 Å². The molecule has 0 amide bonds. The lowest BCUT2D eigenvalue weighted by Gasteiger charge is -2.22. The molecule has 1 N–H and O–H groups in total. The number of aromatic nitrogens is 2. The summed E-state index contributed by atoms with van der Waals surface area (Å²) in [6, 6.07) is 3.89. The van der Waals surface area contributed by atoms with Gasteiger partial charge in [0.25, 0.3) is 0 Å². The molecule has 1 aromatic heterocycles. The van der Waals surface area contributed by atoms with Gasteiger partial charge in [-0.15, -0.1) is 0 Å². The average molecular weight is 432 g/mol. The molecule has 0 saturated carbocycles. The van der Waals surface area contributed by atoms with Crippen LogP contribution in [0.4, 0.5) is 0 Å². The minimum atomic E-state index is 0.377. The van der Waals surface area contributed by atoms with Crippen molar-refractivity contribution in [2.45, 2.75) is 39.7 Å². The highest BCUT2D eigenvalue weighted by molar-refractivity contribution is 5.79. The summed E-state index contributed by atoms with van der Waals surface area (Å²) in [5.41, 5.74) is 3.36. The highest BCUT2D eigenvalue weighted by Crippen LogP contribution is 2.39. The fourth-order valence-electron chi connectivity index (χ4n) is 3.61. The first kappa shape index (κ1) is 24.4. The molecule has 0 saturated heterocycles. The predicted molar refractivity (Wildman–Crippen MR) is 125 cm³/mol. The van der Waals surface area contributed by atoms with Crippen LogP contribution in [-0.2, 0) is 20.0 Å². The summed E-state index contributed by atoms with van der Waals surface area (Å²) in [6.45, 7) is 8.57. The molecule has 0 radical (unpaired) electrons. The highest BCUT2D eigenvalue weighted by Gasteiger charge is 2.17. The molecule has 0 spiro atoms. The molecule has 172 valence electrons. The first-order chi connectivity index (χ1) is 14.9. The van der Waals surface area contributed by atoms with Gasteiger partial charge >= 0.3 is 0 Å².